The summed E-state index contributed by atoms with van der Waals surface area (Å²) < 4.78 is 31.3. The first-order chi connectivity index (χ1) is 8.68. The summed E-state index contributed by atoms with van der Waals surface area (Å²) in [7, 11) is -2.02. The van der Waals surface area contributed by atoms with E-state index in [4.69, 9.17) is 4.74 Å². The van der Waals surface area contributed by atoms with Crippen LogP contribution in [0.1, 0.15) is 26.5 Å². The number of hydrogen-bond donors (Lipinski definition) is 0. The van der Waals surface area contributed by atoms with Crippen LogP contribution in [0.2, 0.25) is 0 Å². The lowest BCUT2D eigenvalue weighted by molar-refractivity contribution is 0.401. The molecule has 6 heteroatoms. The highest BCUT2D eigenvalue weighted by molar-refractivity contribution is 7.92. The number of sulfone groups is 1. The Kier molecular flexibility index (Phi) is 3.09. The van der Waals surface area contributed by atoms with Crippen molar-refractivity contribution in [1.82, 2.24) is 9.38 Å². The summed E-state index contributed by atoms with van der Waals surface area (Å²) in [4.78, 5) is 4.39. The van der Waals surface area contributed by atoms with Gasteiger partial charge in [0.1, 0.15) is 16.3 Å². The molecule has 0 spiro atoms. The second kappa shape index (κ2) is 4.23. The highest BCUT2D eigenvalue weighted by atomic mass is 32.2. The number of methoxy groups -OCH3 is 1. The monoisotopic (exact) mass is 282 g/mol. The maximum atomic E-state index is 12.6. The number of aromatic nitrogens is 2. The highest BCUT2D eigenvalue weighted by Gasteiger charge is 2.34. The normalized spacial score (nSPS) is 12.9. The summed E-state index contributed by atoms with van der Waals surface area (Å²) in [6.07, 6.45) is 3.28. The van der Waals surface area contributed by atoms with Gasteiger partial charge in [0, 0.05) is 24.2 Å². The summed E-state index contributed by atoms with van der Waals surface area (Å²) in [6.45, 7) is 6.90. The van der Waals surface area contributed by atoms with Crippen LogP contribution in [-0.4, -0.2) is 29.7 Å². The van der Waals surface area contributed by atoms with Gasteiger partial charge < -0.3 is 9.14 Å². The van der Waals surface area contributed by atoms with E-state index < -0.39 is 14.6 Å². The van der Waals surface area contributed by atoms with E-state index >= 15 is 0 Å². The van der Waals surface area contributed by atoms with Gasteiger partial charge in [0.25, 0.3) is 0 Å². The fraction of sp³-hybridized carbons (Fsp3) is 0.462. The summed E-state index contributed by atoms with van der Waals surface area (Å²) in [5, 5.41) is 0. The molecule has 0 aliphatic rings. The largest absolute Gasteiger partial charge is 0.495 e. The van der Waals surface area contributed by atoms with Crippen LogP contribution in [0, 0.1) is 6.92 Å². The molecule has 0 bridgehead atoms. The molecule has 2 aromatic rings. The number of rotatable bonds is 2. The molecule has 0 saturated heterocycles. The van der Waals surface area contributed by atoms with Crippen LogP contribution in [0.25, 0.3) is 5.65 Å². The van der Waals surface area contributed by atoms with Gasteiger partial charge in [0.15, 0.2) is 9.84 Å². The van der Waals surface area contributed by atoms with Crippen molar-refractivity contribution >= 4 is 15.5 Å². The topological polar surface area (TPSA) is 60.7 Å². The van der Waals surface area contributed by atoms with E-state index in [1.165, 1.54) is 7.11 Å². The minimum Gasteiger partial charge on any atom is -0.495 e. The Labute approximate surface area is 113 Å². The first kappa shape index (κ1) is 13.9. The smallest absolute Gasteiger partial charge is 0.188 e. The first-order valence-corrected chi connectivity index (χ1v) is 7.43. The number of aryl methyl sites for hydroxylation is 1. The van der Waals surface area contributed by atoms with Crippen molar-refractivity contribution in [2.24, 2.45) is 0 Å². The van der Waals surface area contributed by atoms with Crippen molar-refractivity contribution in [1.29, 1.82) is 0 Å². The van der Waals surface area contributed by atoms with Gasteiger partial charge in [-0.2, -0.15) is 0 Å². The van der Waals surface area contributed by atoms with Gasteiger partial charge in [-0.3, -0.25) is 0 Å². The number of nitrogens with zero attached hydrogens (tertiary/aromatic N) is 2. The van der Waals surface area contributed by atoms with E-state index in [1.807, 2.05) is 6.92 Å². The standard InChI is InChI=1S/C13H18N2O3S/c1-9-7-14-12-6-10(18-5)11(8-15(9)12)19(16,17)13(2,3)4/h6-8H,1-5H3. The van der Waals surface area contributed by atoms with Gasteiger partial charge in [-0.1, -0.05) is 0 Å². The van der Waals surface area contributed by atoms with Crippen LogP contribution in [0.4, 0.5) is 0 Å². The minimum absolute atomic E-state index is 0.191. The van der Waals surface area contributed by atoms with Gasteiger partial charge in [0.2, 0.25) is 0 Å². The Morgan fingerprint density at radius 2 is 1.95 bits per heavy atom. The van der Waals surface area contributed by atoms with Crippen molar-refractivity contribution in [3.8, 4) is 5.75 Å². The molecule has 0 fully saturated rings. The van der Waals surface area contributed by atoms with Gasteiger partial charge in [0.05, 0.1) is 11.9 Å². The summed E-state index contributed by atoms with van der Waals surface area (Å²) in [5.74, 6) is 0.327. The third-order valence-electron chi connectivity index (χ3n) is 3.08. The highest BCUT2D eigenvalue weighted by Crippen LogP contribution is 2.32. The Morgan fingerprint density at radius 1 is 1.32 bits per heavy atom. The Balaban J connectivity index is 2.82. The van der Waals surface area contributed by atoms with E-state index in [1.54, 1.807) is 43.6 Å². The molecule has 0 saturated carbocycles. The van der Waals surface area contributed by atoms with Crippen LogP contribution in [0.5, 0.6) is 5.75 Å². The van der Waals surface area contributed by atoms with Gasteiger partial charge in [-0.05, 0) is 27.7 Å². The first-order valence-electron chi connectivity index (χ1n) is 5.95. The molecule has 104 valence electrons. The molecule has 0 aromatic carbocycles. The zero-order valence-electron chi connectivity index (χ0n) is 11.8. The number of hydrogen-bond acceptors (Lipinski definition) is 4. The lowest BCUT2D eigenvalue weighted by Gasteiger charge is -2.21. The predicted octanol–water partition coefficient (Wildman–Crippen LogP) is 2.22. The maximum Gasteiger partial charge on any atom is 0.188 e. The second-order valence-corrected chi connectivity index (χ2v) is 8.12. The molecule has 0 amide bonds. The third kappa shape index (κ3) is 2.10. The third-order valence-corrected chi connectivity index (χ3v) is 5.57. The average molecular weight is 282 g/mol. The molecule has 0 aliphatic heterocycles. The van der Waals surface area contributed by atoms with Gasteiger partial charge in [-0.15, -0.1) is 0 Å². The predicted molar refractivity (Wildman–Crippen MR) is 73.4 cm³/mol. The molecule has 5 nitrogen and oxygen atoms in total. The quantitative estimate of drug-likeness (QED) is 0.847. The zero-order valence-corrected chi connectivity index (χ0v) is 12.6. The summed E-state index contributed by atoms with van der Waals surface area (Å²) in [5.41, 5.74) is 1.55. The molecule has 0 aliphatic carbocycles. The second-order valence-electron chi connectivity index (χ2n) is 5.45. The van der Waals surface area contributed by atoms with E-state index in [0.717, 1.165) is 5.69 Å². The fourth-order valence-corrected chi connectivity index (χ4v) is 3.11. The van der Waals surface area contributed by atoms with Crippen molar-refractivity contribution < 1.29 is 13.2 Å². The van der Waals surface area contributed by atoms with E-state index in [-0.39, 0.29) is 4.90 Å². The van der Waals surface area contributed by atoms with Gasteiger partial charge in [-0.25, -0.2) is 13.4 Å². The zero-order chi connectivity index (χ0) is 14.4. The molecular weight excluding hydrogens is 264 g/mol. The summed E-state index contributed by atoms with van der Waals surface area (Å²) in [6, 6.07) is 1.64. The van der Waals surface area contributed by atoms with E-state index in [9.17, 15) is 8.42 Å². The van der Waals surface area contributed by atoms with Crippen LogP contribution in [-0.2, 0) is 9.84 Å². The molecule has 0 N–H and O–H groups in total. The van der Waals surface area contributed by atoms with Crippen molar-refractivity contribution in [2.75, 3.05) is 7.11 Å². The number of imidazole rings is 1. The van der Waals surface area contributed by atoms with E-state index in [0.29, 0.717) is 11.4 Å². The lowest BCUT2D eigenvalue weighted by atomic mass is 10.3. The Hall–Kier alpha value is -1.56. The Bertz CT molecular complexity index is 724. The molecule has 0 unspecified atom stereocenters. The number of ether oxygens (including phenoxy) is 1. The molecule has 2 rings (SSSR count). The van der Waals surface area contributed by atoms with Crippen molar-refractivity contribution in [3.63, 3.8) is 0 Å². The molecule has 2 aromatic heterocycles. The minimum atomic E-state index is -3.48. The molecule has 0 atom stereocenters. The van der Waals surface area contributed by atoms with Crippen LogP contribution < -0.4 is 4.74 Å². The van der Waals surface area contributed by atoms with Crippen LogP contribution in [0.3, 0.4) is 0 Å². The van der Waals surface area contributed by atoms with Crippen molar-refractivity contribution in [3.05, 3.63) is 24.2 Å². The molecule has 19 heavy (non-hydrogen) atoms. The van der Waals surface area contributed by atoms with Crippen LogP contribution >= 0.6 is 0 Å². The molecule has 2 heterocycles. The summed E-state index contributed by atoms with van der Waals surface area (Å²) >= 11 is 0. The average Bonchev–Trinajstić information content (AvgIpc) is 2.67. The maximum absolute atomic E-state index is 12.6. The van der Waals surface area contributed by atoms with E-state index in [2.05, 4.69) is 4.98 Å². The van der Waals surface area contributed by atoms with Crippen LogP contribution in [0.15, 0.2) is 23.4 Å². The SMILES string of the molecule is COc1cc2ncc(C)n2cc1S(=O)(=O)C(C)(C)C. The molecule has 0 radical (unpaired) electrons. The molecular formula is C13H18N2O3S. The van der Waals surface area contributed by atoms with Gasteiger partial charge >= 0.3 is 0 Å². The Morgan fingerprint density at radius 3 is 2.47 bits per heavy atom. The lowest BCUT2D eigenvalue weighted by Crippen LogP contribution is -2.28. The van der Waals surface area contributed by atoms with Crippen molar-refractivity contribution in [2.45, 2.75) is 37.3 Å². The fourth-order valence-electron chi connectivity index (χ4n) is 1.80. The number of fused-ring (bicyclic) bond motifs is 1. The number of pyridine rings is 1.